The number of nitrogens with one attached hydrogen (secondary N) is 2. The summed E-state index contributed by atoms with van der Waals surface area (Å²) in [6.07, 6.45) is 14.5. The number of aryl methyl sites for hydroxylation is 2. The normalized spacial score (nSPS) is 23.3. The summed E-state index contributed by atoms with van der Waals surface area (Å²) in [6, 6.07) is 7.95. The predicted molar refractivity (Wildman–Crippen MR) is 126 cm³/mol. The van der Waals surface area contributed by atoms with Gasteiger partial charge in [-0.1, -0.05) is 18.9 Å². The van der Waals surface area contributed by atoms with Crippen molar-refractivity contribution < 1.29 is 0 Å². The fraction of sp³-hybridized carbons (Fsp3) is 0.692. The Hall–Kier alpha value is -1.72. The van der Waals surface area contributed by atoms with Gasteiger partial charge in [0.1, 0.15) is 5.69 Å². The molecule has 0 spiro atoms. The summed E-state index contributed by atoms with van der Waals surface area (Å²) < 4.78 is 0. The zero-order valence-corrected chi connectivity index (χ0v) is 19.2. The average Bonchev–Trinajstić information content (AvgIpc) is 3.42. The lowest BCUT2D eigenvalue weighted by Gasteiger charge is -2.27. The molecule has 2 saturated carbocycles. The molecule has 1 saturated heterocycles. The Morgan fingerprint density at radius 3 is 2.71 bits per heavy atom. The van der Waals surface area contributed by atoms with Gasteiger partial charge in [-0.3, -0.25) is 0 Å². The lowest BCUT2D eigenvalue weighted by molar-refractivity contribution is 0.205. The highest BCUT2D eigenvalue weighted by Gasteiger charge is 2.28. The second-order valence-electron chi connectivity index (χ2n) is 10.0. The van der Waals surface area contributed by atoms with Crippen LogP contribution in [0.1, 0.15) is 87.2 Å². The number of imidazole rings is 1. The van der Waals surface area contributed by atoms with Gasteiger partial charge in [0.15, 0.2) is 5.82 Å². The van der Waals surface area contributed by atoms with Gasteiger partial charge in [-0.15, -0.1) is 0 Å². The van der Waals surface area contributed by atoms with Crippen molar-refractivity contribution in [3.63, 3.8) is 0 Å². The van der Waals surface area contributed by atoms with Crippen molar-refractivity contribution in [1.29, 1.82) is 0 Å². The summed E-state index contributed by atoms with van der Waals surface area (Å²) in [4.78, 5) is 16.0. The molecule has 31 heavy (non-hydrogen) atoms. The van der Waals surface area contributed by atoms with E-state index in [9.17, 15) is 0 Å². The summed E-state index contributed by atoms with van der Waals surface area (Å²) in [6.45, 7) is 5.83. The highest BCUT2D eigenvalue weighted by Crippen LogP contribution is 2.41. The van der Waals surface area contributed by atoms with E-state index in [-0.39, 0.29) is 0 Å². The van der Waals surface area contributed by atoms with Crippen molar-refractivity contribution in [3.8, 4) is 11.5 Å². The first kappa shape index (κ1) is 21.1. The van der Waals surface area contributed by atoms with Gasteiger partial charge in [0, 0.05) is 29.4 Å². The lowest BCUT2D eigenvalue weighted by atomic mass is 10.1. The van der Waals surface area contributed by atoms with Crippen molar-refractivity contribution in [3.05, 3.63) is 35.3 Å². The first-order valence-corrected chi connectivity index (χ1v) is 12.8. The summed E-state index contributed by atoms with van der Waals surface area (Å²) in [5, 5.41) is 3.85. The number of hydrogen-bond donors (Lipinski definition) is 2. The first-order valence-electron chi connectivity index (χ1n) is 12.8. The van der Waals surface area contributed by atoms with Crippen LogP contribution in [-0.4, -0.2) is 51.6 Å². The van der Waals surface area contributed by atoms with E-state index >= 15 is 0 Å². The zero-order valence-electron chi connectivity index (χ0n) is 19.2. The second kappa shape index (κ2) is 9.83. The van der Waals surface area contributed by atoms with E-state index in [2.05, 4.69) is 40.3 Å². The summed E-state index contributed by atoms with van der Waals surface area (Å²) in [5.41, 5.74) is 4.62. The number of nitrogens with zero attached hydrogens (tertiary/aromatic N) is 3. The van der Waals surface area contributed by atoms with Crippen molar-refractivity contribution in [2.75, 3.05) is 19.6 Å². The summed E-state index contributed by atoms with van der Waals surface area (Å²) in [5.74, 6) is 1.61. The molecule has 5 nitrogen and oxygen atoms in total. The minimum atomic E-state index is 0.675. The number of likely N-dealkylation sites (tertiary alicyclic amines) is 1. The zero-order chi connectivity index (χ0) is 21.0. The number of hydrogen-bond acceptors (Lipinski definition) is 4. The lowest BCUT2D eigenvalue weighted by Crippen LogP contribution is -2.35. The monoisotopic (exact) mass is 421 g/mol. The van der Waals surface area contributed by atoms with Crippen molar-refractivity contribution in [2.45, 2.75) is 95.6 Å². The van der Waals surface area contributed by atoms with E-state index < -0.39 is 0 Å². The van der Waals surface area contributed by atoms with Crippen LogP contribution in [0.2, 0.25) is 0 Å². The predicted octanol–water partition coefficient (Wildman–Crippen LogP) is 4.98. The second-order valence-corrected chi connectivity index (χ2v) is 10.0. The fourth-order valence-electron chi connectivity index (χ4n) is 5.63. The molecule has 0 radical (unpaired) electrons. The minimum Gasteiger partial charge on any atom is -0.341 e. The van der Waals surface area contributed by atoms with Gasteiger partial charge in [-0.2, -0.15) is 0 Å². The van der Waals surface area contributed by atoms with Crippen molar-refractivity contribution in [1.82, 2.24) is 25.2 Å². The van der Waals surface area contributed by atoms with Crippen LogP contribution in [0.5, 0.6) is 0 Å². The molecule has 0 amide bonds. The molecule has 5 heteroatoms. The van der Waals surface area contributed by atoms with Crippen molar-refractivity contribution in [2.24, 2.45) is 0 Å². The molecule has 2 N–H and O–H groups in total. The topological polar surface area (TPSA) is 56.8 Å². The quantitative estimate of drug-likeness (QED) is 0.591. The molecule has 1 atom stereocenters. The summed E-state index contributed by atoms with van der Waals surface area (Å²) >= 11 is 0. The number of pyridine rings is 1. The van der Waals surface area contributed by atoms with Gasteiger partial charge in [0.2, 0.25) is 0 Å². The van der Waals surface area contributed by atoms with Crippen LogP contribution in [0, 0.1) is 6.92 Å². The molecule has 5 rings (SSSR count). The molecule has 2 aromatic heterocycles. The first-order chi connectivity index (χ1) is 15.3. The molecule has 2 aromatic rings. The van der Waals surface area contributed by atoms with Gasteiger partial charge in [0.25, 0.3) is 0 Å². The van der Waals surface area contributed by atoms with Gasteiger partial charge in [-0.05, 0) is 96.5 Å². The third-order valence-electron chi connectivity index (χ3n) is 7.58. The van der Waals surface area contributed by atoms with Crippen molar-refractivity contribution >= 4 is 0 Å². The van der Waals surface area contributed by atoms with Crippen LogP contribution in [0.3, 0.4) is 0 Å². The Balaban J connectivity index is 1.08. The Morgan fingerprint density at radius 1 is 1.00 bits per heavy atom. The van der Waals surface area contributed by atoms with E-state index in [1.807, 2.05) is 0 Å². The molecule has 0 bridgehead atoms. The Labute approximate surface area is 187 Å². The third-order valence-corrected chi connectivity index (χ3v) is 7.58. The summed E-state index contributed by atoms with van der Waals surface area (Å²) in [7, 11) is 0. The highest BCUT2D eigenvalue weighted by molar-refractivity contribution is 5.51. The molecule has 1 unspecified atom stereocenters. The number of H-pyrrole nitrogens is 1. The molecule has 1 aliphatic heterocycles. The number of aromatic nitrogens is 3. The highest BCUT2D eigenvalue weighted by atomic mass is 15.2. The maximum atomic E-state index is 4.90. The van der Waals surface area contributed by atoms with Gasteiger partial charge in [-0.25, -0.2) is 9.97 Å². The standard InChI is InChI=1S/C26H39N5/c1-19-25(20-13-14-20)30-26(28-19)24-12-4-7-22(29-24)8-5-16-27-21-9-6-17-31(18-15-21)23-10-2-3-11-23/h4,7,12,20-21,23,27H,2-3,5-6,8-11,13-18H2,1H3,(H,28,30). The van der Waals surface area contributed by atoms with Crippen LogP contribution in [0.25, 0.3) is 11.5 Å². The van der Waals surface area contributed by atoms with Crippen LogP contribution < -0.4 is 5.32 Å². The number of rotatable bonds is 8. The Morgan fingerprint density at radius 2 is 1.87 bits per heavy atom. The van der Waals surface area contributed by atoms with E-state index in [1.165, 1.54) is 88.0 Å². The molecular weight excluding hydrogens is 382 g/mol. The van der Waals surface area contributed by atoms with E-state index in [0.29, 0.717) is 12.0 Å². The van der Waals surface area contributed by atoms with Crippen LogP contribution in [0.15, 0.2) is 18.2 Å². The maximum absolute atomic E-state index is 4.90. The SMILES string of the molecule is Cc1[nH]c(-c2cccc(CCCNC3CCCN(C4CCCC4)CC3)n2)nc1C1CC1. The molecule has 2 aliphatic carbocycles. The van der Waals surface area contributed by atoms with E-state index in [0.717, 1.165) is 36.9 Å². The molecular formula is C26H39N5. The van der Waals surface area contributed by atoms with Gasteiger partial charge < -0.3 is 15.2 Å². The molecule has 0 aromatic carbocycles. The third kappa shape index (κ3) is 5.38. The maximum Gasteiger partial charge on any atom is 0.156 e. The fourth-order valence-corrected chi connectivity index (χ4v) is 5.63. The number of aromatic amines is 1. The van der Waals surface area contributed by atoms with Gasteiger partial charge >= 0.3 is 0 Å². The van der Waals surface area contributed by atoms with Crippen LogP contribution in [0.4, 0.5) is 0 Å². The molecule has 3 heterocycles. The molecule has 3 fully saturated rings. The Bertz CT molecular complexity index is 849. The average molecular weight is 422 g/mol. The largest absolute Gasteiger partial charge is 0.341 e. The molecule has 3 aliphatic rings. The molecule has 168 valence electrons. The van der Waals surface area contributed by atoms with E-state index in [4.69, 9.17) is 9.97 Å². The van der Waals surface area contributed by atoms with E-state index in [1.54, 1.807) is 0 Å². The van der Waals surface area contributed by atoms with Crippen LogP contribution >= 0.6 is 0 Å². The van der Waals surface area contributed by atoms with Crippen LogP contribution in [-0.2, 0) is 6.42 Å². The van der Waals surface area contributed by atoms with Gasteiger partial charge in [0.05, 0.1) is 5.69 Å². The smallest absolute Gasteiger partial charge is 0.156 e. The Kier molecular flexibility index (Phi) is 6.70. The minimum absolute atomic E-state index is 0.675.